The number of aryl methyl sites for hydroxylation is 1. The summed E-state index contributed by atoms with van der Waals surface area (Å²) in [4.78, 5) is 19.8. The van der Waals surface area contributed by atoms with Crippen molar-refractivity contribution in [3.8, 4) is 0 Å². The average Bonchev–Trinajstić information content (AvgIpc) is 3.45. The molecule has 2 N–H and O–H groups in total. The van der Waals surface area contributed by atoms with Crippen molar-refractivity contribution in [1.29, 1.82) is 0 Å². The molecule has 31 heavy (non-hydrogen) atoms. The molecule has 10 nitrogen and oxygen atoms in total. The number of hydrogen-bond donors (Lipinski definition) is 1. The molecule has 3 aromatic rings. The molecule has 0 aliphatic carbocycles. The maximum Gasteiger partial charge on any atom is 0.269 e. The minimum Gasteiger partial charge on any atom is -0.467 e. The van der Waals surface area contributed by atoms with Gasteiger partial charge in [0.05, 0.1) is 12.8 Å². The molecule has 162 valence electrons. The van der Waals surface area contributed by atoms with Crippen LogP contribution < -0.4 is 10.6 Å². The van der Waals surface area contributed by atoms with Crippen LogP contribution in [-0.2, 0) is 27.4 Å². The summed E-state index contributed by atoms with van der Waals surface area (Å²) in [7, 11) is 0. The van der Waals surface area contributed by atoms with E-state index < -0.39 is 12.1 Å². The number of benzene rings is 1. The van der Waals surface area contributed by atoms with E-state index >= 15 is 0 Å². The Hall–Kier alpha value is -3.66. The molecular formula is C21H24N6O4. The van der Waals surface area contributed by atoms with E-state index in [4.69, 9.17) is 19.6 Å². The molecule has 0 spiro atoms. The van der Waals surface area contributed by atoms with Crippen LogP contribution in [0, 0.1) is 6.92 Å². The minimum absolute atomic E-state index is 0.232. The highest BCUT2D eigenvalue weighted by Crippen LogP contribution is 2.35. The van der Waals surface area contributed by atoms with Gasteiger partial charge in [-0.15, -0.1) is 5.10 Å². The molecule has 10 heteroatoms. The number of primary amides is 1. The Kier molecular flexibility index (Phi) is 5.72. The van der Waals surface area contributed by atoms with Crippen LogP contribution in [0.15, 0.2) is 46.8 Å². The Morgan fingerprint density at radius 1 is 1.35 bits per heavy atom. The Labute approximate surface area is 179 Å². The number of anilines is 1. The summed E-state index contributed by atoms with van der Waals surface area (Å²) in [6.07, 6.45) is 2.61. The van der Waals surface area contributed by atoms with Crippen LogP contribution in [0.4, 0.5) is 5.82 Å². The first kappa shape index (κ1) is 20.6. The van der Waals surface area contributed by atoms with Gasteiger partial charge in [0.1, 0.15) is 18.5 Å². The number of carbonyl (C=O) groups is 1. The molecule has 0 radical (unpaired) electrons. The number of ether oxygens (including phenoxy) is 2. The van der Waals surface area contributed by atoms with Crippen LogP contribution in [0.5, 0.6) is 0 Å². The van der Waals surface area contributed by atoms with Crippen molar-refractivity contribution in [1.82, 2.24) is 20.0 Å². The third kappa shape index (κ3) is 4.29. The number of amides is 1. The number of oxazole rings is 1. The summed E-state index contributed by atoms with van der Waals surface area (Å²) in [6, 6.07) is 7.69. The molecule has 3 heterocycles. The van der Waals surface area contributed by atoms with E-state index in [2.05, 4.69) is 15.2 Å². The predicted molar refractivity (Wildman–Crippen MR) is 111 cm³/mol. The van der Waals surface area contributed by atoms with Crippen molar-refractivity contribution in [2.75, 3.05) is 11.5 Å². The lowest BCUT2D eigenvalue weighted by Crippen LogP contribution is -2.34. The Morgan fingerprint density at radius 3 is 2.94 bits per heavy atom. The topological polar surface area (TPSA) is 122 Å². The van der Waals surface area contributed by atoms with Crippen molar-refractivity contribution in [2.45, 2.75) is 40.2 Å². The second kappa shape index (κ2) is 8.60. The van der Waals surface area contributed by atoms with Crippen molar-refractivity contribution in [3.63, 3.8) is 0 Å². The smallest absolute Gasteiger partial charge is 0.269 e. The minimum atomic E-state index is -0.608. The Morgan fingerprint density at radius 2 is 2.19 bits per heavy atom. The van der Waals surface area contributed by atoms with E-state index in [9.17, 15) is 4.79 Å². The number of hydrogen-bond acceptors (Lipinski definition) is 8. The quantitative estimate of drug-likeness (QED) is 0.584. The summed E-state index contributed by atoms with van der Waals surface area (Å²) in [5.74, 6) is 0.703. The van der Waals surface area contributed by atoms with Gasteiger partial charge in [-0.1, -0.05) is 23.8 Å². The number of nitrogens with zero attached hydrogens (tertiary/aromatic N) is 5. The van der Waals surface area contributed by atoms with Gasteiger partial charge in [0.25, 0.3) is 5.91 Å². The molecule has 4 rings (SSSR count). The van der Waals surface area contributed by atoms with Crippen molar-refractivity contribution in [3.05, 3.63) is 65.1 Å². The third-order valence-corrected chi connectivity index (χ3v) is 4.72. The van der Waals surface area contributed by atoms with Gasteiger partial charge < -0.3 is 19.6 Å². The highest BCUT2D eigenvalue weighted by molar-refractivity contribution is 6.03. The molecule has 0 saturated heterocycles. The lowest BCUT2D eigenvalue weighted by atomic mass is 10.1. The van der Waals surface area contributed by atoms with E-state index in [1.807, 2.05) is 45.0 Å². The first-order chi connectivity index (χ1) is 15.0. The molecule has 0 bridgehead atoms. The number of rotatable bonds is 8. The number of nitrogens with two attached hydrogens (primary N) is 1. The number of carbonyl (C=O) groups excluding carboxylic acids is 1. The van der Waals surface area contributed by atoms with Crippen molar-refractivity contribution < 1.29 is 18.7 Å². The Bertz CT molecular complexity index is 1120. The van der Waals surface area contributed by atoms with Crippen LogP contribution >= 0.6 is 0 Å². The number of aromatic nitrogens is 4. The molecule has 2 aromatic heterocycles. The summed E-state index contributed by atoms with van der Waals surface area (Å²) < 4.78 is 16.8. The molecular weight excluding hydrogens is 400 g/mol. The standard InChI is InChI=1S/C21H24N6O4/c1-4-29-11-16-12-30-18(24-16)10-26-23-9-17(25-26)27-14(3)31-20(19(27)21(22)28)15-7-5-6-13(2)8-15/h5-9,12,14H,4,10-11H2,1-3H3,(H2,22,28). The lowest BCUT2D eigenvalue weighted by Gasteiger charge is -2.20. The van der Waals surface area contributed by atoms with Gasteiger partial charge in [-0.3, -0.25) is 9.69 Å². The van der Waals surface area contributed by atoms with Gasteiger partial charge >= 0.3 is 0 Å². The first-order valence-corrected chi connectivity index (χ1v) is 9.94. The maximum atomic E-state index is 12.3. The second-order valence-electron chi connectivity index (χ2n) is 7.10. The molecule has 1 aliphatic heterocycles. The van der Waals surface area contributed by atoms with Gasteiger partial charge in [-0.05, 0) is 26.8 Å². The average molecular weight is 424 g/mol. The fourth-order valence-corrected chi connectivity index (χ4v) is 3.38. The fourth-order valence-electron chi connectivity index (χ4n) is 3.38. The zero-order chi connectivity index (χ0) is 22.0. The van der Waals surface area contributed by atoms with Gasteiger partial charge in [0.15, 0.2) is 23.5 Å². The molecule has 1 atom stereocenters. The third-order valence-electron chi connectivity index (χ3n) is 4.72. The second-order valence-corrected chi connectivity index (χ2v) is 7.10. The highest BCUT2D eigenvalue weighted by Gasteiger charge is 2.37. The van der Waals surface area contributed by atoms with Crippen LogP contribution in [0.3, 0.4) is 0 Å². The van der Waals surface area contributed by atoms with Gasteiger partial charge in [0, 0.05) is 12.2 Å². The first-order valence-electron chi connectivity index (χ1n) is 9.94. The van der Waals surface area contributed by atoms with E-state index in [1.165, 1.54) is 4.80 Å². The van der Waals surface area contributed by atoms with Gasteiger partial charge in [-0.2, -0.15) is 9.90 Å². The molecule has 0 fully saturated rings. The maximum absolute atomic E-state index is 12.3. The van der Waals surface area contributed by atoms with E-state index in [0.717, 1.165) is 11.1 Å². The highest BCUT2D eigenvalue weighted by atomic mass is 16.5. The summed E-state index contributed by atoms with van der Waals surface area (Å²) >= 11 is 0. The SMILES string of the molecule is CCOCc1coc(Cn2ncc(N3C(C(N)=O)=C(c4cccc(C)c4)OC3C)n2)n1. The van der Waals surface area contributed by atoms with Crippen LogP contribution in [0.1, 0.15) is 36.6 Å². The summed E-state index contributed by atoms with van der Waals surface area (Å²) in [5.41, 5.74) is 8.47. The van der Waals surface area contributed by atoms with Gasteiger partial charge in [-0.25, -0.2) is 4.98 Å². The molecule has 1 amide bonds. The summed E-state index contributed by atoms with van der Waals surface area (Å²) in [5, 5.41) is 8.74. The predicted octanol–water partition coefficient (Wildman–Crippen LogP) is 2.20. The molecule has 1 aromatic carbocycles. The summed E-state index contributed by atoms with van der Waals surface area (Å²) in [6.45, 7) is 6.92. The molecule has 1 unspecified atom stereocenters. The molecule has 0 saturated carbocycles. The Balaban J connectivity index is 1.59. The van der Waals surface area contributed by atoms with Gasteiger partial charge in [0.2, 0.25) is 5.89 Å². The van der Waals surface area contributed by atoms with Crippen LogP contribution in [0.2, 0.25) is 0 Å². The largest absolute Gasteiger partial charge is 0.467 e. The van der Waals surface area contributed by atoms with E-state index in [0.29, 0.717) is 36.4 Å². The van der Waals surface area contributed by atoms with Crippen molar-refractivity contribution in [2.24, 2.45) is 5.73 Å². The van der Waals surface area contributed by atoms with E-state index in [1.54, 1.807) is 17.4 Å². The zero-order valence-corrected chi connectivity index (χ0v) is 17.6. The zero-order valence-electron chi connectivity index (χ0n) is 17.6. The lowest BCUT2D eigenvalue weighted by molar-refractivity contribution is -0.114. The van der Waals surface area contributed by atoms with Crippen molar-refractivity contribution >= 4 is 17.5 Å². The van der Waals surface area contributed by atoms with Crippen LogP contribution in [-0.4, -0.2) is 38.7 Å². The monoisotopic (exact) mass is 424 g/mol. The normalized spacial score (nSPS) is 16.1. The van der Waals surface area contributed by atoms with E-state index in [-0.39, 0.29) is 12.2 Å². The fraction of sp³-hybridized carbons (Fsp3) is 0.333. The van der Waals surface area contributed by atoms with Crippen LogP contribution in [0.25, 0.3) is 5.76 Å². The molecule has 1 aliphatic rings.